The Bertz CT molecular complexity index is 824. The summed E-state index contributed by atoms with van der Waals surface area (Å²) in [4.78, 5) is 12.6. The number of fused-ring (bicyclic) bond motifs is 1. The van der Waals surface area contributed by atoms with Crippen LogP contribution in [-0.4, -0.2) is 32.1 Å². The van der Waals surface area contributed by atoms with Crippen LogP contribution in [0.1, 0.15) is 39.2 Å². The molecule has 0 heterocycles. The number of carbonyl (C=O) groups excluding carboxylic acids is 1. The number of rotatable bonds is 9. The van der Waals surface area contributed by atoms with E-state index >= 15 is 0 Å². The first-order valence-corrected chi connectivity index (χ1v) is 10.6. The Morgan fingerprint density at radius 3 is 2.19 bits per heavy atom. The summed E-state index contributed by atoms with van der Waals surface area (Å²) in [6.45, 7) is 7.14. The number of ether oxygens (including phenoxy) is 2. The van der Waals surface area contributed by atoms with E-state index in [0.29, 0.717) is 0 Å². The molecule has 0 N–H and O–H groups in total. The molecule has 0 radical (unpaired) electrons. The van der Waals surface area contributed by atoms with Crippen molar-refractivity contribution in [1.29, 1.82) is 0 Å². The molecule has 0 spiro atoms. The molecular weight excluding hydrogens is 367 g/mol. The maximum Gasteiger partial charge on any atom is 0.370 e. The number of benzene rings is 2. The third kappa shape index (κ3) is 5.10. The molecule has 2 aromatic rings. The Morgan fingerprint density at radius 2 is 1.59 bits per heavy atom. The van der Waals surface area contributed by atoms with Crippen LogP contribution in [0.15, 0.2) is 36.4 Å². The molecule has 0 unspecified atom stereocenters. The Kier molecular flexibility index (Phi) is 7.42. The average Bonchev–Trinajstić information content (AvgIpc) is 2.66. The van der Waals surface area contributed by atoms with E-state index in [9.17, 15) is 9.36 Å². The maximum absolute atomic E-state index is 12.7. The zero-order chi connectivity index (χ0) is 20.0. The van der Waals surface area contributed by atoms with E-state index in [4.69, 9.17) is 18.5 Å². The van der Waals surface area contributed by atoms with E-state index in [1.54, 1.807) is 27.9 Å². The van der Waals surface area contributed by atoms with E-state index in [1.165, 1.54) is 6.92 Å². The lowest BCUT2D eigenvalue weighted by molar-refractivity contribution is -0.147. The lowest BCUT2D eigenvalue weighted by Crippen LogP contribution is -2.21. The number of esters is 1. The van der Waals surface area contributed by atoms with Crippen molar-refractivity contribution in [3.63, 3.8) is 0 Å². The summed E-state index contributed by atoms with van der Waals surface area (Å²) in [5.41, 5.74) is 0.813. The zero-order valence-electron chi connectivity index (χ0n) is 16.4. The van der Waals surface area contributed by atoms with E-state index in [-0.39, 0.29) is 13.2 Å². The minimum Gasteiger partial charge on any atom is -0.497 e. The first-order chi connectivity index (χ1) is 12.8. The molecule has 6 nitrogen and oxygen atoms in total. The minimum absolute atomic E-state index is 0.211. The Hall–Kier alpha value is -1.88. The topological polar surface area (TPSA) is 71.1 Å². The Balaban J connectivity index is 2.16. The van der Waals surface area contributed by atoms with Crippen molar-refractivity contribution >= 4 is 24.3 Å². The molecule has 0 aliphatic rings. The van der Waals surface area contributed by atoms with Crippen molar-refractivity contribution < 1.29 is 27.9 Å². The van der Waals surface area contributed by atoms with Crippen LogP contribution in [0, 0.1) is 0 Å². The van der Waals surface area contributed by atoms with Crippen LogP contribution in [0.25, 0.3) is 10.8 Å². The summed E-state index contributed by atoms with van der Waals surface area (Å²) < 4.78 is 33.8. The highest BCUT2D eigenvalue weighted by Gasteiger charge is 2.36. The van der Waals surface area contributed by atoms with Gasteiger partial charge in [-0.25, -0.2) is 0 Å². The standard InChI is InChI=1S/C20H27O6P/c1-6-24-27(22,25-7-2)15(4)26-20(21)14(3)16-8-9-18-13-19(23-5)11-10-17(18)12-16/h8-15H,6-7H2,1-5H3/t14-,15+/m1/s1. The Morgan fingerprint density at radius 1 is 1.00 bits per heavy atom. The largest absolute Gasteiger partial charge is 0.497 e. The van der Waals surface area contributed by atoms with E-state index in [0.717, 1.165) is 22.1 Å². The van der Waals surface area contributed by atoms with E-state index < -0.39 is 25.3 Å². The molecule has 0 saturated carbocycles. The molecule has 0 aliphatic carbocycles. The summed E-state index contributed by atoms with van der Waals surface area (Å²) in [6, 6.07) is 11.5. The summed E-state index contributed by atoms with van der Waals surface area (Å²) in [7, 11) is -1.88. The fourth-order valence-electron chi connectivity index (χ4n) is 2.72. The molecular formula is C20H27O6P. The highest BCUT2D eigenvalue weighted by molar-refractivity contribution is 7.54. The number of hydrogen-bond acceptors (Lipinski definition) is 6. The molecule has 0 amide bonds. The number of hydrogen-bond donors (Lipinski definition) is 0. The smallest absolute Gasteiger partial charge is 0.370 e. The molecule has 2 atom stereocenters. The summed E-state index contributed by atoms with van der Waals surface area (Å²) in [6.07, 6.45) is 0. The molecule has 0 fully saturated rings. The predicted molar refractivity (Wildman–Crippen MR) is 105 cm³/mol. The fourth-order valence-corrected chi connectivity index (χ4v) is 4.16. The minimum atomic E-state index is -3.50. The SMILES string of the molecule is CCOP(=O)(OCC)[C@@H](C)OC(=O)[C@H](C)c1ccc2cc(OC)ccc2c1. The maximum atomic E-state index is 12.7. The number of methoxy groups -OCH3 is 1. The average molecular weight is 394 g/mol. The van der Waals surface area contributed by atoms with E-state index in [1.807, 2.05) is 36.4 Å². The van der Waals surface area contributed by atoms with E-state index in [2.05, 4.69) is 0 Å². The monoisotopic (exact) mass is 394 g/mol. The van der Waals surface area contributed by atoms with Gasteiger partial charge in [0.1, 0.15) is 5.75 Å². The van der Waals surface area contributed by atoms with Crippen molar-refractivity contribution in [3.05, 3.63) is 42.0 Å². The van der Waals surface area contributed by atoms with Gasteiger partial charge in [0.25, 0.3) is 0 Å². The van der Waals surface area contributed by atoms with Crippen LogP contribution in [-0.2, 0) is 23.1 Å². The predicted octanol–water partition coefficient (Wildman–Crippen LogP) is 5.11. The molecule has 2 aromatic carbocycles. The summed E-state index contributed by atoms with van der Waals surface area (Å²) in [5, 5.41) is 2.01. The van der Waals surface area contributed by atoms with Crippen LogP contribution < -0.4 is 4.74 Å². The van der Waals surface area contributed by atoms with Crippen molar-refractivity contribution in [2.75, 3.05) is 20.3 Å². The first-order valence-electron chi connectivity index (χ1n) is 9.01. The van der Waals surface area contributed by atoms with Gasteiger partial charge in [-0.15, -0.1) is 0 Å². The molecule has 2 rings (SSSR count). The summed E-state index contributed by atoms with van der Waals surface area (Å²) in [5.74, 6) is -1.19. The molecule has 0 bridgehead atoms. The van der Waals surface area contributed by atoms with Gasteiger partial charge in [-0.05, 0) is 56.2 Å². The van der Waals surface area contributed by atoms with Gasteiger partial charge < -0.3 is 18.5 Å². The second-order valence-corrected chi connectivity index (χ2v) is 8.43. The van der Waals surface area contributed by atoms with Crippen molar-refractivity contribution in [2.24, 2.45) is 0 Å². The second kappa shape index (κ2) is 9.36. The van der Waals surface area contributed by atoms with Gasteiger partial charge in [-0.3, -0.25) is 9.36 Å². The molecule has 27 heavy (non-hydrogen) atoms. The van der Waals surface area contributed by atoms with Crippen LogP contribution in [0.3, 0.4) is 0 Å². The molecule has 148 valence electrons. The van der Waals surface area contributed by atoms with Gasteiger partial charge in [-0.2, -0.15) is 0 Å². The zero-order valence-corrected chi connectivity index (χ0v) is 17.3. The van der Waals surface area contributed by atoms with Crippen LogP contribution in [0.4, 0.5) is 0 Å². The summed E-state index contributed by atoms with van der Waals surface area (Å²) >= 11 is 0. The molecule has 7 heteroatoms. The highest BCUT2D eigenvalue weighted by Crippen LogP contribution is 2.53. The van der Waals surface area contributed by atoms with Crippen molar-refractivity contribution in [2.45, 2.75) is 39.5 Å². The second-order valence-electron chi connectivity index (χ2n) is 6.11. The third-order valence-corrected chi connectivity index (χ3v) is 6.51. The van der Waals surface area contributed by atoms with Crippen molar-refractivity contribution in [3.8, 4) is 5.75 Å². The highest BCUT2D eigenvalue weighted by atomic mass is 31.2. The van der Waals surface area contributed by atoms with Gasteiger partial charge in [0.15, 0.2) is 5.85 Å². The van der Waals surface area contributed by atoms with Crippen LogP contribution in [0.2, 0.25) is 0 Å². The van der Waals surface area contributed by atoms with Crippen LogP contribution >= 0.6 is 7.60 Å². The van der Waals surface area contributed by atoms with Gasteiger partial charge >= 0.3 is 13.6 Å². The fraction of sp³-hybridized carbons (Fsp3) is 0.450. The quantitative estimate of drug-likeness (QED) is 0.435. The van der Waals surface area contributed by atoms with Crippen LogP contribution in [0.5, 0.6) is 5.75 Å². The lowest BCUT2D eigenvalue weighted by Gasteiger charge is -2.24. The normalized spacial score (nSPS) is 14.0. The molecule has 0 aromatic heterocycles. The lowest BCUT2D eigenvalue weighted by atomic mass is 9.98. The first kappa shape index (κ1) is 21.4. The molecule has 0 saturated heterocycles. The van der Waals surface area contributed by atoms with Crippen molar-refractivity contribution in [1.82, 2.24) is 0 Å². The number of carbonyl (C=O) groups is 1. The molecule has 0 aliphatic heterocycles. The van der Waals surface area contributed by atoms with Gasteiger partial charge in [0.2, 0.25) is 0 Å². The Labute approximate surface area is 160 Å². The van der Waals surface area contributed by atoms with Gasteiger partial charge in [0.05, 0.1) is 26.2 Å². The third-order valence-electron chi connectivity index (χ3n) is 4.28. The van der Waals surface area contributed by atoms with Gasteiger partial charge in [0, 0.05) is 0 Å². The van der Waals surface area contributed by atoms with Gasteiger partial charge in [-0.1, -0.05) is 24.3 Å².